The molecular weight excluding hydrogens is 226 g/mol. The van der Waals surface area contributed by atoms with E-state index in [-0.39, 0.29) is 17.6 Å². The van der Waals surface area contributed by atoms with Crippen molar-refractivity contribution in [3.63, 3.8) is 0 Å². The number of likely N-dealkylation sites (tertiary alicyclic amines) is 1. The van der Waals surface area contributed by atoms with Crippen LogP contribution in [0.15, 0.2) is 0 Å². The maximum Gasteiger partial charge on any atom is 0.410 e. The van der Waals surface area contributed by atoms with Gasteiger partial charge in [-0.2, -0.15) is 0 Å². The summed E-state index contributed by atoms with van der Waals surface area (Å²) in [5, 5.41) is 0. The average molecular weight is 255 g/mol. The number of nitrogens with zero attached hydrogens (tertiary/aromatic N) is 1. The van der Waals surface area contributed by atoms with Gasteiger partial charge in [-0.15, -0.1) is 0 Å². The van der Waals surface area contributed by atoms with Gasteiger partial charge in [-0.3, -0.25) is 0 Å². The number of hydrogen-bond donors (Lipinski definition) is 0. The smallest absolute Gasteiger partial charge is 0.410 e. The first-order chi connectivity index (χ1) is 8.45. The minimum absolute atomic E-state index is 0.0284. The van der Waals surface area contributed by atoms with Crippen LogP contribution in [0.1, 0.15) is 66.2 Å². The van der Waals surface area contributed by atoms with Gasteiger partial charge < -0.3 is 9.64 Å². The van der Waals surface area contributed by atoms with Gasteiger partial charge in [0.15, 0.2) is 0 Å². The standard InChI is InChI=1S/C15H29NO2/c1-5-6-10-13(15(2,3)4)18-14(17)16-11-8-7-9-12-16/h13H,5-12H2,1-4H3. The Morgan fingerprint density at radius 1 is 1.22 bits per heavy atom. The molecule has 0 aromatic rings. The molecule has 0 aliphatic carbocycles. The molecule has 0 bridgehead atoms. The van der Waals surface area contributed by atoms with Crippen LogP contribution in [0.4, 0.5) is 4.79 Å². The zero-order chi connectivity index (χ0) is 13.6. The minimum Gasteiger partial charge on any atom is -0.446 e. The monoisotopic (exact) mass is 255 g/mol. The van der Waals surface area contributed by atoms with Crippen molar-refractivity contribution in [3.05, 3.63) is 0 Å². The van der Waals surface area contributed by atoms with Gasteiger partial charge in [0.1, 0.15) is 6.10 Å². The largest absolute Gasteiger partial charge is 0.446 e. The van der Waals surface area contributed by atoms with Gasteiger partial charge in [-0.05, 0) is 31.1 Å². The van der Waals surface area contributed by atoms with Crippen molar-refractivity contribution in [2.45, 2.75) is 72.3 Å². The molecule has 1 atom stereocenters. The van der Waals surface area contributed by atoms with Crippen molar-refractivity contribution in [1.29, 1.82) is 0 Å². The third-order valence-corrected chi connectivity index (χ3v) is 3.64. The molecule has 1 aliphatic heterocycles. The molecule has 1 rings (SSSR count). The molecule has 18 heavy (non-hydrogen) atoms. The molecule has 1 amide bonds. The topological polar surface area (TPSA) is 29.5 Å². The number of carbonyl (C=O) groups is 1. The molecule has 1 saturated heterocycles. The van der Waals surface area contributed by atoms with Crippen LogP contribution in [0.25, 0.3) is 0 Å². The van der Waals surface area contributed by atoms with E-state index < -0.39 is 0 Å². The van der Waals surface area contributed by atoms with Gasteiger partial charge in [0.25, 0.3) is 0 Å². The van der Waals surface area contributed by atoms with E-state index in [9.17, 15) is 4.79 Å². The predicted molar refractivity (Wildman–Crippen MR) is 74.7 cm³/mol. The maximum atomic E-state index is 12.1. The van der Waals surface area contributed by atoms with Crippen molar-refractivity contribution in [2.75, 3.05) is 13.1 Å². The molecule has 0 spiro atoms. The summed E-state index contributed by atoms with van der Waals surface area (Å²) < 4.78 is 5.74. The number of rotatable bonds is 4. The first kappa shape index (κ1) is 15.3. The zero-order valence-electron chi connectivity index (χ0n) is 12.5. The molecule has 1 fully saturated rings. The number of unbranched alkanes of at least 4 members (excludes halogenated alkanes) is 1. The van der Waals surface area contributed by atoms with Crippen molar-refractivity contribution in [3.8, 4) is 0 Å². The Labute approximate surface area is 112 Å². The van der Waals surface area contributed by atoms with E-state index in [1.807, 2.05) is 4.90 Å². The molecule has 0 N–H and O–H groups in total. The first-order valence-corrected chi connectivity index (χ1v) is 7.40. The SMILES string of the molecule is CCCCC(OC(=O)N1CCCCC1)C(C)(C)C. The highest BCUT2D eigenvalue weighted by molar-refractivity contribution is 5.68. The van der Waals surface area contributed by atoms with E-state index >= 15 is 0 Å². The van der Waals surface area contributed by atoms with E-state index in [0.29, 0.717) is 0 Å². The summed E-state index contributed by atoms with van der Waals surface area (Å²) in [6.07, 6.45) is 6.64. The van der Waals surface area contributed by atoms with Crippen LogP contribution in [-0.2, 0) is 4.74 Å². The molecule has 0 aromatic carbocycles. The highest BCUT2D eigenvalue weighted by Crippen LogP contribution is 2.27. The average Bonchev–Trinajstić information content (AvgIpc) is 2.34. The molecular formula is C15H29NO2. The summed E-state index contributed by atoms with van der Waals surface area (Å²) >= 11 is 0. The lowest BCUT2D eigenvalue weighted by atomic mass is 9.86. The second kappa shape index (κ2) is 7.01. The normalized spacial score (nSPS) is 18.6. The molecule has 3 nitrogen and oxygen atoms in total. The van der Waals surface area contributed by atoms with E-state index in [2.05, 4.69) is 27.7 Å². The molecule has 1 unspecified atom stereocenters. The molecule has 3 heteroatoms. The Balaban J connectivity index is 2.50. The maximum absolute atomic E-state index is 12.1. The quantitative estimate of drug-likeness (QED) is 0.753. The van der Waals surface area contributed by atoms with Gasteiger partial charge >= 0.3 is 6.09 Å². The Bertz CT molecular complexity index is 252. The lowest BCUT2D eigenvalue weighted by Gasteiger charge is -2.34. The summed E-state index contributed by atoms with van der Waals surface area (Å²) in [7, 11) is 0. The Morgan fingerprint density at radius 3 is 2.33 bits per heavy atom. The second-order valence-electron chi connectivity index (χ2n) is 6.43. The molecule has 0 radical (unpaired) electrons. The fourth-order valence-corrected chi connectivity index (χ4v) is 2.33. The molecule has 106 valence electrons. The number of piperidine rings is 1. The Kier molecular flexibility index (Phi) is 5.97. The second-order valence-corrected chi connectivity index (χ2v) is 6.43. The lowest BCUT2D eigenvalue weighted by molar-refractivity contribution is 0.00184. The molecule has 0 aromatic heterocycles. The van der Waals surface area contributed by atoms with Crippen LogP contribution in [0.3, 0.4) is 0 Å². The van der Waals surface area contributed by atoms with Crippen molar-refractivity contribution in [1.82, 2.24) is 4.90 Å². The van der Waals surface area contributed by atoms with Crippen molar-refractivity contribution >= 4 is 6.09 Å². The van der Waals surface area contributed by atoms with Crippen LogP contribution in [-0.4, -0.2) is 30.2 Å². The van der Waals surface area contributed by atoms with Crippen LogP contribution < -0.4 is 0 Å². The first-order valence-electron chi connectivity index (χ1n) is 7.40. The minimum atomic E-state index is -0.106. The van der Waals surface area contributed by atoms with Gasteiger partial charge in [0.05, 0.1) is 0 Å². The fraction of sp³-hybridized carbons (Fsp3) is 0.933. The number of hydrogen-bond acceptors (Lipinski definition) is 2. The molecule has 1 heterocycles. The third-order valence-electron chi connectivity index (χ3n) is 3.64. The van der Waals surface area contributed by atoms with Crippen LogP contribution in [0.2, 0.25) is 0 Å². The number of amides is 1. The highest BCUT2D eigenvalue weighted by Gasteiger charge is 2.29. The summed E-state index contributed by atoms with van der Waals surface area (Å²) in [6, 6.07) is 0. The van der Waals surface area contributed by atoms with E-state index in [1.54, 1.807) is 0 Å². The van der Waals surface area contributed by atoms with Gasteiger partial charge in [0.2, 0.25) is 0 Å². The van der Waals surface area contributed by atoms with E-state index in [4.69, 9.17) is 4.74 Å². The van der Waals surface area contributed by atoms with Crippen LogP contribution in [0.5, 0.6) is 0 Å². The summed E-state index contributed by atoms with van der Waals surface area (Å²) in [5.74, 6) is 0. The predicted octanol–water partition coefficient (Wildman–Crippen LogP) is 4.21. The van der Waals surface area contributed by atoms with Crippen molar-refractivity contribution < 1.29 is 9.53 Å². The molecule has 1 aliphatic rings. The Hall–Kier alpha value is -0.730. The lowest BCUT2D eigenvalue weighted by Crippen LogP contribution is -2.41. The van der Waals surface area contributed by atoms with Gasteiger partial charge in [0, 0.05) is 13.1 Å². The molecule has 0 saturated carbocycles. The van der Waals surface area contributed by atoms with Crippen LogP contribution >= 0.6 is 0 Å². The highest BCUT2D eigenvalue weighted by atomic mass is 16.6. The Morgan fingerprint density at radius 2 is 1.83 bits per heavy atom. The van der Waals surface area contributed by atoms with Gasteiger partial charge in [-0.25, -0.2) is 4.79 Å². The van der Waals surface area contributed by atoms with Crippen LogP contribution in [0, 0.1) is 5.41 Å². The van der Waals surface area contributed by atoms with E-state index in [0.717, 1.165) is 45.2 Å². The summed E-state index contributed by atoms with van der Waals surface area (Å²) in [6.45, 7) is 10.4. The summed E-state index contributed by atoms with van der Waals surface area (Å²) in [4.78, 5) is 14.0. The zero-order valence-corrected chi connectivity index (χ0v) is 12.5. The number of ether oxygens (including phenoxy) is 1. The third kappa shape index (κ3) is 4.87. The summed E-state index contributed by atoms with van der Waals surface area (Å²) in [5.41, 5.74) is 0.0284. The number of carbonyl (C=O) groups excluding carboxylic acids is 1. The van der Waals surface area contributed by atoms with Crippen molar-refractivity contribution in [2.24, 2.45) is 5.41 Å². The van der Waals surface area contributed by atoms with Gasteiger partial charge in [-0.1, -0.05) is 40.5 Å². The fourth-order valence-electron chi connectivity index (χ4n) is 2.33. The van der Waals surface area contributed by atoms with E-state index in [1.165, 1.54) is 6.42 Å².